The van der Waals surface area contributed by atoms with Crippen molar-refractivity contribution >= 4 is 34.7 Å². The standard InChI is InChI=1S/C25H24O7/c1-14(26)17-4-5-18-10-19(15(2)27)12-22(28)24(21(18)11-17)25(30)16-6-8-20(9-7-16)32-13-23(29)31-3/h4-9,11,19,30H,10,12-13H2,1-3H3/b25-24-. The molecule has 0 radical (unpaired) electrons. The lowest BCUT2D eigenvalue weighted by Crippen LogP contribution is -2.16. The Hall–Kier alpha value is -3.74. The number of methoxy groups -OCH3 is 1. The fourth-order valence-electron chi connectivity index (χ4n) is 3.62. The van der Waals surface area contributed by atoms with Crippen LogP contribution in [0.5, 0.6) is 5.75 Å². The van der Waals surface area contributed by atoms with Crippen molar-refractivity contribution in [2.75, 3.05) is 13.7 Å². The molecule has 0 bridgehead atoms. The minimum Gasteiger partial charge on any atom is -0.507 e. The summed E-state index contributed by atoms with van der Waals surface area (Å²) in [5.74, 6) is -1.52. The highest BCUT2D eigenvalue weighted by atomic mass is 16.6. The first-order chi connectivity index (χ1) is 15.2. The Kier molecular flexibility index (Phi) is 6.88. The maximum atomic E-state index is 13.1. The van der Waals surface area contributed by atoms with Gasteiger partial charge in [-0.05, 0) is 61.7 Å². The summed E-state index contributed by atoms with van der Waals surface area (Å²) in [6.45, 7) is 2.62. The lowest BCUT2D eigenvalue weighted by Gasteiger charge is -2.13. The lowest BCUT2D eigenvalue weighted by molar-refractivity contribution is -0.142. The topological polar surface area (TPSA) is 107 Å². The van der Waals surface area contributed by atoms with Gasteiger partial charge in [-0.2, -0.15) is 0 Å². The zero-order valence-corrected chi connectivity index (χ0v) is 18.1. The first kappa shape index (κ1) is 22.9. The van der Waals surface area contributed by atoms with E-state index in [0.29, 0.717) is 28.9 Å². The van der Waals surface area contributed by atoms with E-state index in [4.69, 9.17) is 4.74 Å². The van der Waals surface area contributed by atoms with Crippen LogP contribution in [0.25, 0.3) is 11.3 Å². The van der Waals surface area contributed by atoms with Gasteiger partial charge in [0.25, 0.3) is 0 Å². The number of esters is 1. The van der Waals surface area contributed by atoms with Gasteiger partial charge in [-0.3, -0.25) is 14.4 Å². The lowest BCUT2D eigenvalue weighted by atomic mass is 9.92. The van der Waals surface area contributed by atoms with Crippen LogP contribution in [0.4, 0.5) is 0 Å². The molecule has 7 nitrogen and oxygen atoms in total. The smallest absolute Gasteiger partial charge is 0.343 e. The van der Waals surface area contributed by atoms with Crippen molar-refractivity contribution in [3.8, 4) is 5.75 Å². The Bertz CT molecular complexity index is 1110. The number of fused-ring (bicyclic) bond motifs is 1. The molecule has 3 rings (SSSR count). The van der Waals surface area contributed by atoms with E-state index in [2.05, 4.69) is 4.74 Å². The largest absolute Gasteiger partial charge is 0.507 e. The second kappa shape index (κ2) is 9.60. The van der Waals surface area contributed by atoms with Crippen LogP contribution in [0.3, 0.4) is 0 Å². The first-order valence-corrected chi connectivity index (χ1v) is 10.1. The van der Waals surface area contributed by atoms with Crippen LogP contribution >= 0.6 is 0 Å². The van der Waals surface area contributed by atoms with Gasteiger partial charge in [-0.15, -0.1) is 0 Å². The molecule has 2 aromatic carbocycles. The Labute approximate surface area is 185 Å². The van der Waals surface area contributed by atoms with E-state index in [1.165, 1.54) is 21.0 Å². The summed E-state index contributed by atoms with van der Waals surface area (Å²) >= 11 is 0. The Morgan fingerprint density at radius 3 is 2.25 bits per heavy atom. The summed E-state index contributed by atoms with van der Waals surface area (Å²) in [7, 11) is 1.26. The Morgan fingerprint density at radius 1 is 1.00 bits per heavy atom. The van der Waals surface area contributed by atoms with Crippen LogP contribution in [0, 0.1) is 5.92 Å². The fraction of sp³-hybridized carbons (Fsp3) is 0.280. The van der Waals surface area contributed by atoms with Gasteiger partial charge in [-0.25, -0.2) is 4.79 Å². The average Bonchev–Trinajstić information content (AvgIpc) is 2.92. The highest BCUT2D eigenvalue weighted by Gasteiger charge is 2.31. The molecule has 2 aromatic rings. The van der Waals surface area contributed by atoms with Gasteiger partial charge in [0.05, 0.1) is 12.7 Å². The van der Waals surface area contributed by atoms with Gasteiger partial charge in [0, 0.05) is 23.5 Å². The van der Waals surface area contributed by atoms with E-state index in [1.54, 1.807) is 42.5 Å². The normalized spacial score (nSPS) is 17.1. The zero-order chi connectivity index (χ0) is 23.4. The SMILES string of the molecule is COC(=O)COc1ccc(/C(O)=C2/C(=O)CC(C(C)=O)Cc3ccc(C(C)=O)cc32)cc1. The van der Waals surface area contributed by atoms with Gasteiger partial charge >= 0.3 is 5.97 Å². The number of carbonyl (C=O) groups is 4. The Balaban J connectivity index is 2.06. The maximum Gasteiger partial charge on any atom is 0.343 e. The van der Waals surface area contributed by atoms with Crippen LogP contribution in [0.15, 0.2) is 42.5 Å². The van der Waals surface area contributed by atoms with E-state index in [-0.39, 0.29) is 41.7 Å². The molecule has 0 aliphatic heterocycles. The number of ether oxygens (including phenoxy) is 2. The highest BCUT2D eigenvalue weighted by molar-refractivity contribution is 6.28. The second-order valence-corrected chi connectivity index (χ2v) is 7.68. The van der Waals surface area contributed by atoms with Gasteiger partial charge in [-0.1, -0.05) is 12.1 Å². The molecule has 7 heteroatoms. The number of hydrogen-bond acceptors (Lipinski definition) is 7. The van der Waals surface area contributed by atoms with Crippen LogP contribution < -0.4 is 4.74 Å². The summed E-state index contributed by atoms with van der Waals surface area (Å²) in [5.41, 5.74) is 2.03. The monoisotopic (exact) mass is 436 g/mol. The van der Waals surface area contributed by atoms with Crippen molar-refractivity contribution in [2.45, 2.75) is 26.7 Å². The molecule has 1 atom stereocenters. The molecule has 0 aromatic heterocycles. The first-order valence-electron chi connectivity index (χ1n) is 10.1. The molecule has 32 heavy (non-hydrogen) atoms. The number of benzene rings is 2. The number of Topliss-reactive ketones (excluding diaryl/α,β-unsaturated/α-hetero) is 3. The molecule has 0 saturated carbocycles. The molecule has 1 aliphatic rings. The van der Waals surface area contributed by atoms with Crippen molar-refractivity contribution in [3.05, 3.63) is 64.7 Å². The second-order valence-electron chi connectivity index (χ2n) is 7.68. The van der Waals surface area contributed by atoms with Crippen molar-refractivity contribution in [1.82, 2.24) is 0 Å². The number of allylic oxidation sites excluding steroid dienone is 1. The molecule has 0 saturated heterocycles. The van der Waals surface area contributed by atoms with Gasteiger partial charge in [0.15, 0.2) is 18.2 Å². The van der Waals surface area contributed by atoms with E-state index >= 15 is 0 Å². The van der Waals surface area contributed by atoms with E-state index in [9.17, 15) is 24.3 Å². The number of aliphatic hydroxyl groups excluding tert-OH is 1. The summed E-state index contributed by atoms with van der Waals surface area (Å²) in [4.78, 5) is 48.3. The van der Waals surface area contributed by atoms with Crippen LogP contribution in [0.1, 0.15) is 47.3 Å². The molecule has 0 fully saturated rings. The van der Waals surface area contributed by atoms with E-state index in [1.807, 2.05) is 0 Å². The van der Waals surface area contributed by atoms with Crippen molar-refractivity contribution in [1.29, 1.82) is 0 Å². The molecule has 0 heterocycles. The molecule has 1 N–H and O–H groups in total. The number of carbonyl (C=O) groups excluding carboxylic acids is 4. The van der Waals surface area contributed by atoms with Gasteiger partial charge < -0.3 is 14.6 Å². The zero-order valence-electron chi connectivity index (χ0n) is 18.1. The van der Waals surface area contributed by atoms with Crippen molar-refractivity contribution < 1.29 is 33.8 Å². The highest BCUT2D eigenvalue weighted by Crippen LogP contribution is 2.35. The van der Waals surface area contributed by atoms with E-state index in [0.717, 1.165) is 5.56 Å². The molecular weight excluding hydrogens is 412 g/mol. The molecular formula is C25H24O7. The molecule has 0 spiro atoms. The van der Waals surface area contributed by atoms with Crippen LogP contribution in [-0.4, -0.2) is 42.1 Å². The number of aliphatic hydroxyl groups is 1. The van der Waals surface area contributed by atoms with Crippen molar-refractivity contribution in [2.24, 2.45) is 5.92 Å². The fourth-order valence-corrected chi connectivity index (χ4v) is 3.62. The number of ketones is 3. The molecule has 1 aliphatic carbocycles. The van der Waals surface area contributed by atoms with Crippen LogP contribution in [0.2, 0.25) is 0 Å². The predicted molar refractivity (Wildman–Crippen MR) is 117 cm³/mol. The minimum absolute atomic E-state index is 0.0286. The van der Waals surface area contributed by atoms with E-state index < -0.39 is 11.9 Å². The third kappa shape index (κ3) is 4.94. The van der Waals surface area contributed by atoms with Crippen LogP contribution in [-0.2, 0) is 25.5 Å². The minimum atomic E-state index is -0.527. The molecule has 0 amide bonds. The van der Waals surface area contributed by atoms with Crippen molar-refractivity contribution in [3.63, 3.8) is 0 Å². The summed E-state index contributed by atoms with van der Waals surface area (Å²) in [5, 5.41) is 11.1. The summed E-state index contributed by atoms with van der Waals surface area (Å²) in [6, 6.07) is 11.2. The number of hydrogen-bond donors (Lipinski definition) is 1. The van der Waals surface area contributed by atoms with Gasteiger partial charge in [0.1, 0.15) is 17.3 Å². The average molecular weight is 436 g/mol. The Morgan fingerprint density at radius 2 is 1.66 bits per heavy atom. The maximum absolute atomic E-state index is 13.1. The third-order valence-corrected chi connectivity index (χ3v) is 5.49. The quantitative estimate of drug-likeness (QED) is 0.242. The van der Waals surface area contributed by atoms with Gasteiger partial charge in [0.2, 0.25) is 0 Å². The third-order valence-electron chi connectivity index (χ3n) is 5.49. The molecule has 166 valence electrons. The summed E-state index contributed by atoms with van der Waals surface area (Å²) in [6.07, 6.45) is 0.324. The summed E-state index contributed by atoms with van der Waals surface area (Å²) < 4.78 is 9.83. The predicted octanol–water partition coefficient (Wildman–Crippen LogP) is 3.59. The molecule has 1 unspecified atom stereocenters. The number of rotatable bonds is 6.